The second-order valence-electron chi connectivity index (χ2n) is 3.92. The molecule has 0 bridgehead atoms. The summed E-state index contributed by atoms with van der Waals surface area (Å²) < 4.78 is 30.0. The van der Waals surface area contributed by atoms with Crippen LogP contribution in [-0.4, -0.2) is 19.6 Å². The maximum Gasteiger partial charge on any atom is 0.246 e. The quantitative estimate of drug-likeness (QED) is 0.563. The number of alkyl halides is 2. The molecule has 0 N–H and O–H groups in total. The van der Waals surface area contributed by atoms with Gasteiger partial charge in [0.2, 0.25) is 6.43 Å². The summed E-state index contributed by atoms with van der Waals surface area (Å²) in [6.45, 7) is 3.01. The van der Waals surface area contributed by atoms with Crippen molar-refractivity contribution in [3.05, 3.63) is 0 Å². The third-order valence-corrected chi connectivity index (χ3v) is 2.64. The van der Waals surface area contributed by atoms with Crippen molar-refractivity contribution in [1.82, 2.24) is 0 Å². The molecule has 1 saturated carbocycles. The Balaban J connectivity index is 1.99. The largest absolute Gasteiger partial charge is 0.381 e. The van der Waals surface area contributed by atoms with Crippen molar-refractivity contribution >= 4 is 0 Å². The van der Waals surface area contributed by atoms with Crippen LogP contribution >= 0.6 is 0 Å². The smallest absolute Gasteiger partial charge is 0.246 e. The predicted molar refractivity (Wildman–Crippen MR) is 48.0 cm³/mol. The van der Waals surface area contributed by atoms with Gasteiger partial charge in [-0.15, -0.1) is 0 Å². The van der Waals surface area contributed by atoms with Crippen LogP contribution in [-0.2, 0) is 4.74 Å². The van der Waals surface area contributed by atoms with Gasteiger partial charge in [0, 0.05) is 6.61 Å². The van der Waals surface area contributed by atoms with Crippen LogP contribution in [0.1, 0.15) is 39.0 Å². The van der Waals surface area contributed by atoms with Crippen LogP contribution in [0.3, 0.4) is 0 Å². The Kier molecular flexibility index (Phi) is 4.10. The third-order valence-electron chi connectivity index (χ3n) is 2.64. The molecule has 0 saturated heterocycles. The highest BCUT2D eigenvalue weighted by atomic mass is 19.3. The van der Waals surface area contributed by atoms with Gasteiger partial charge >= 0.3 is 0 Å². The van der Waals surface area contributed by atoms with Crippen LogP contribution in [0.5, 0.6) is 0 Å². The summed E-state index contributed by atoms with van der Waals surface area (Å²) in [5.41, 5.74) is -0.758. The first-order valence-corrected chi connectivity index (χ1v) is 5.07. The second kappa shape index (κ2) is 4.89. The van der Waals surface area contributed by atoms with Crippen molar-refractivity contribution in [2.75, 3.05) is 13.2 Å². The van der Waals surface area contributed by atoms with Gasteiger partial charge in [-0.2, -0.15) is 0 Å². The minimum absolute atomic E-state index is 0.258. The number of ether oxygens (including phenoxy) is 1. The fourth-order valence-electron chi connectivity index (χ4n) is 1.32. The average molecular weight is 192 g/mol. The number of unbranched alkanes of at least 4 members (excludes halogenated alkanes) is 2. The summed E-state index contributed by atoms with van der Waals surface area (Å²) >= 11 is 0. The Morgan fingerprint density at radius 1 is 1.31 bits per heavy atom. The molecule has 0 amide bonds. The molecule has 0 heterocycles. The fraction of sp³-hybridized carbons (Fsp3) is 1.00. The summed E-state index contributed by atoms with van der Waals surface area (Å²) in [5, 5.41) is 0. The van der Waals surface area contributed by atoms with Crippen LogP contribution in [0.4, 0.5) is 8.78 Å². The van der Waals surface area contributed by atoms with Crippen molar-refractivity contribution in [2.45, 2.75) is 45.5 Å². The topological polar surface area (TPSA) is 9.23 Å². The van der Waals surface area contributed by atoms with E-state index in [-0.39, 0.29) is 6.61 Å². The molecule has 1 aliphatic rings. The van der Waals surface area contributed by atoms with E-state index in [2.05, 4.69) is 6.92 Å². The fourth-order valence-corrected chi connectivity index (χ4v) is 1.32. The van der Waals surface area contributed by atoms with Gasteiger partial charge < -0.3 is 4.74 Å². The lowest BCUT2D eigenvalue weighted by Gasteiger charge is -2.13. The van der Waals surface area contributed by atoms with Crippen molar-refractivity contribution in [3.63, 3.8) is 0 Å². The van der Waals surface area contributed by atoms with Gasteiger partial charge in [0.1, 0.15) is 0 Å². The first-order chi connectivity index (χ1) is 6.21. The van der Waals surface area contributed by atoms with Gasteiger partial charge in [0.15, 0.2) is 0 Å². The summed E-state index contributed by atoms with van der Waals surface area (Å²) in [7, 11) is 0. The molecule has 0 aromatic carbocycles. The van der Waals surface area contributed by atoms with Gasteiger partial charge in [-0.05, 0) is 19.3 Å². The van der Waals surface area contributed by atoms with Crippen LogP contribution in [0.25, 0.3) is 0 Å². The number of hydrogen-bond donors (Lipinski definition) is 0. The minimum atomic E-state index is -2.20. The first-order valence-electron chi connectivity index (χ1n) is 5.07. The Hall–Kier alpha value is -0.180. The summed E-state index contributed by atoms with van der Waals surface area (Å²) in [4.78, 5) is 0. The van der Waals surface area contributed by atoms with Crippen LogP contribution in [0, 0.1) is 5.41 Å². The Labute approximate surface area is 78.5 Å². The van der Waals surface area contributed by atoms with Gasteiger partial charge in [-0.25, -0.2) is 8.78 Å². The first kappa shape index (κ1) is 10.9. The lowest BCUT2D eigenvalue weighted by Crippen LogP contribution is -2.19. The van der Waals surface area contributed by atoms with E-state index in [0.717, 1.165) is 19.3 Å². The van der Waals surface area contributed by atoms with Crippen LogP contribution < -0.4 is 0 Å². The zero-order chi connectivity index (χ0) is 9.73. The van der Waals surface area contributed by atoms with E-state index in [1.165, 1.54) is 0 Å². The number of hydrogen-bond acceptors (Lipinski definition) is 1. The molecular weight excluding hydrogens is 174 g/mol. The molecular formula is C10H18F2O. The SMILES string of the molecule is CCCCCOCC1(C(F)F)CC1. The predicted octanol–water partition coefficient (Wildman–Crippen LogP) is 3.24. The molecule has 3 heteroatoms. The molecule has 1 nitrogen and oxygen atoms in total. The molecule has 1 fully saturated rings. The van der Waals surface area contributed by atoms with E-state index in [1.54, 1.807) is 0 Å². The van der Waals surface area contributed by atoms with E-state index >= 15 is 0 Å². The minimum Gasteiger partial charge on any atom is -0.381 e. The molecule has 0 aromatic rings. The lowest BCUT2D eigenvalue weighted by molar-refractivity contribution is -0.00687. The highest BCUT2D eigenvalue weighted by Gasteiger charge is 2.51. The molecule has 0 aliphatic heterocycles. The lowest BCUT2D eigenvalue weighted by atomic mass is 10.1. The molecule has 0 atom stereocenters. The highest BCUT2D eigenvalue weighted by Crippen LogP contribution is 2.50. The molecule has 1 rings (SSSR count). The van der Waals surface area contributed by atoms with Crippen LogP contribution in [0.2, 0.25) is 0 Å². The van der Waals surface area contributed by atoms with Crippen molar-refractivity contribution in [1.29, 1.82) is 0 Å². The average Bonchev–Trinajstić information content (AvgIpc) is 2.85. The van der Waals surface area contributed by atoms with Crippen LogP contribution in [0.15, 0.2) is 0 Å². The van der Waals surface area contributed by atoms with Crippen molar-refractivity contribution in [3.8, 4) is 0 Å². The van der Waals surface area contributed by atoms with E-state index in [0.29, 0.717) is 19.4 Å². The molecule has 78 valence electrons. The zero-order valence-electron chi connectivity index (χ0n) is 8.19. The standard InChI is InChI=1S/C10H18F2O/c1-2-3-4-7-13-8-10(5-6-10)9(11)12/h9H,2-8H2,1H3. The van der Waals surface area contributed by atoms with E-state index < -0.39 is 11.8 Å². The zero-order valence-corrected chi connectivity index (χ0v) is 8.19. The Morgan fingerprint density at radius 3 is 2.46 bits per heavy atom. The van der Waals surface area contributed by atoms with Gasteiger partial charge in [0.25, 0.3) is 0 Å². The third kappa shape index (κ3) is 3.22. The van der Waals surface area contributed by atoms with Gasteiger partial charge in [-0.1, -0.05) is 19.8 Å². The number of rotatable bonds is 7. The number of halogens is 2. The van der Waals surface area contributed by atoms with E-state index in [9.17, 15) is 8.78 Å². The molecule has 0 aromatic heterocycles. The molecule has 13 heavy (non-hydrogen) atoms. The highest BCUT2D eigenvalue weighted by molar-refractivity contribution is 4.95. The van der Waals surface area contributed by atoms with E-state index in [1.807, 2.05) is 0 Å². The normalized spacial score (nSPS) is 19.4. The summed E-state index contributed by atoms with van der Waals surface area (Å²) in [6, 6.07) is 0. The van der Waals surface area contributed by atoms with Gasteiger partial charge in [0.05, 0.1) is 12.0 Å². The van der Waals surface area contributed by atoms with Gasteiger partial charge in [-0.3, -0.25) is 0 Å². The Morgan fingerprint density at radius 2 is 2.00 bits per heavy atom. The molecule has 0 spiro atoms. The Bertz CT molecular complexity index is 144. The maximum absolute atomic E-state index is 12.4. The summed E-state index contributed by atoms with van der Waals surface area (Å²) in [5.74, 6) is 0. The van der Waals surface area contributed by atoms with Crippen molar-refractivity contribution < 1.29 is 13.5 Å². The second-order valence-corrected chi connectivity index (χ2v) is 3.92. The maximum atomic E-state index is 12.4. The van der Waals surface area contributed by atoms with E-state index in [4.69, 9.17) is 4.74 Å². The summed E-state index contributed by atoms with van der Waals surface area (Å²) in [6.07, 6.45) is 2.34. The monoisotopic (exact) mass is 192 g/mol. The van der Waals surface area contributed by atoms with Crippen molar-refractivity contribution in [2.24, 2.45) is 5.41 Å². The molecule has 0 radical (unpaired) electrons. The molecule has 1 aliphatic carbocycles. The molecule has 0 unspecified atom stereocenters.